The van der Waals surface area contributed by atoms with E-state index in [0.29, 0.717) is 18.2 Å². The number of likely N-dealkylation sites (N-methyl/N-ethyl adjacent to an activating group) is 1. The quantitative estimate of drug-likeness (QED) is 0.286. The Balaban J connectivity index is 0.00000341. The van der Waals surface area contributed by atoms with Crippen LogP contribution >= 0.6 is 23.7 Å². The normalized spacial score (nSPS) is 11.1. The van der Waals surface area contributed by atoms with Crippen molar-refractivity contribution in [2.24, 2.45) is 0 Å². The minimum atomic E-state index is -0.446. The lowest BCUT2D eigenvalue weighted by Crippen LogP contribution is -2.35. The second kappa shape index (κ2) is 10.5. The lowest BCUT2D eigenvalue weighted by molar-refractivity contribution is -0.384. The molecule has 1 heterocycles. The number of aryl methyl sites for hydroxylation is 2. The van der Waals surface area contributed by atoms with Gasteiger partial charge in [-0.25, -0.2) is 4.98 Å². The molecule has 0 bridgehead atoms. The van der Waals surface area contributed by atoms with Gasteiger partial charge in [0, 0.05) is 31.3 Å². The predicted octanol–water partition coefficient (Wildman–Crippen LogP) is 4.85. The van der Waals surface area contributed by atoms with Crippen LogP contribution in [0.4, 0.5) is 10.8 Å². The number of rotatable bonds is 7. The topological polar surface area (TPSA) is 79.6 Å². The van der Waals surface area contributed by atoms with Gasteiger partial charge in [-0.15, -0.1) is 12.4 Å². The van der Waals surface area contributed by atoms with Gasteiger partial charge in [0.05, 0.1) is 15.1 Å². The van der Waals surface area contributed by atoms with Crippen LogP contribution in [0.5, 0.6) is 0 Å². The lowest BCUT2D eigenvalue weighted by Gasteiger charge is -2.20. The Morgan fingerprint density at radius 1 is 1.13 bits per heavy atom. The maximum absolute atomic E-state index is 13.0. The molecule has 1 amide bonds. The van der Waals surface area contributed by atoms with Gasteiger partial charge in [0.15, 0.2) is 5.13 Å². The summed E-state index contributed by atoms with van der Waals surface area (Å²) in [7, 11) is 3.92. The zero-order chi connectivity index (χ0) is 21.8. The molecule has 0 saturated carbocycles. The van der Waals surface area contributed by atoms with Crippen LogP contribution in [-0.2, 0) is 4.79 Å². The van der Waals surface area contributed by atoms with E-state index in [2.05, 4.69) is 19.9 Å². The van der Waals surface area contributed by atoms with Gasteiger partial charge in [0.2, 0.25) is 0 Å². The zero-order valence-corrected chi connectivity index (χ0v) is 19.5. The summed E-state index contributed by atoms with van der Waals surface area (Å²) in [4.78, 5) is 31.7. The van der Waals surface area contributed by atoms with Crippen molar-refractivity contribution in [1.82, 2.24) is 9.88 Å². The van der Waals surface area contributed by atoms with Crippen LogP contribution in [0, 0.1) is 24.0 Å². The number of amides is 1. The van der Waals surface area contributed by atoms with Crippen LogP contribution in [0.2, 0.25) is 0 Å². The number of aromatic nitrogens is 1. The molecule has 2 aromatic carbocycles. The molecule has 3 rings (SSSR count). The molecule has 0 N–H and O–H groups in total. The third kappa shape index (κ3) is 6.10. The van der Waals surface area contributed by atoms with Crippen molar-refractivity contribution in [2.75, 3.05) is 32.1 Å². The molecule has 31 heavy (non-hydrogen) atoms. The van der Waals surface area contributed by atoms with Crippen LogP contribution < -0.4 is 4.90 Å². The monoisotopic (exact) mass is 460 g/mol. The van der Waals surface area contributed by atoms with E-state index >= 15 is 0 Å². The van der Waals surface area contributed by atoms with E-state index in [4.69, 9.17) is 4.98 Å². The fourth-order valence-corrected chi connectivity index (χ4v) is 3.92. The number of carbonyl (C=O) groups is 1. The number of nitro benzene ring substituents is 1. The first-order chi connectivity index (χ1) is 14.2. The largest absolute Gasteiger partial charge is 0.308 e. The van der Waals surface area contributed by atoms with Crippen LogP contribution in [-0.4, -0.2) is 47.9 Å². The average molecular weight is 461 g/mol. The fourth-order valence-electron chi connectivity index (χ4n) is 2.85. The molecule has 0 aliphatic rings. The van der Waals surface area contributed by atoms with Crippen molar-refractivity contribution in [3.05, 3.63) is 69.3 Å². The number of carbonyl (C=O) groups excluding carboxylic acids is 1. The lowest BCUT2D eigenvalue weighted by atomic mass is 10.1. The molecule has 0 aliphatic carbocycles. The van der Waals surface area contributed by atoms with Crippen LogP contribution in [0.3, 0.4) is 0 Å². The maximum atomic E-state index is 13.0. The van der Waals surface area contributed by atoms with Gasteiger partial charge >= 0.3 is 0 Å². The highest BCUT2D eigenvalue weighted by Crippen LogP contribution is 2.31. The number of thiazole rings is 1. The molecule has 0 aliphatic heterocycles. The number of halogens is 1. The van der Waals surface area contributed by atoms with Crippen LogP contribution in [0.25, 0.3) is 16.3 Å². The maximum Gasteiger partial charge on any atom is 0.269 e. The Bertz CT molecular complexity index is 1070. The summed E-state index contributed by atoms with van der Waals surface area (Å²) in [5.74, 6) is -0.178. The first-order valence-electron chi connectivity index (χ1n) is 9.51. The molecule has 0 saturated heterocycles. The van der Waals surface area contributed by atoms with Gasteiger partial charge in [-0.2, -0.15) is 0 Å². The van der Waals surface area contributed by atoms with Crippen molar-refractivity contribution in [3.63, 3.8) is 0 Å². The van der Waals surface area contributed by atoms with Crippen LogP contribution in [0.1, 0.15) is 16.7 Å². The Labute approximate surface area is 191 Å². The first-order valence-corrected chi connectivity index (χ1v) is 10.3. The summed E-state index contributed by atoms with van der Waals surface area (Å²) in [6, 6.07) is 10.2. The smallest absolute Gasteiger partial charge is 0.269 e. The number of benzene rings is 2. The predicted molar refractivity (Wildman–Crippen MR) is 129 cm³/mol. The van der Waals surface area contributed by atoms with Crippen molar-refractivity contribution < 1.29 is 9.72 Å². The van der Waals surface area contributed by atoms with Crippen molar-refractivity contribution >= 4 is 56.8 Å². The van der Waals surface area contributed by atoms with E-state index in [1.165, 1.54) is 40.7 Å². The highest BCUT2D eigenvalue weighted by atomic mass is 35.5. The van der Waals surface area contributed by atoms with Crippen molar-refractivity contribution in [1.29, 1.82) is 0 Å². The number of nitrogens with zero attached hydrogens (tertiary/aromatic N) is 4. The molecule has 0 fully saturated rings. The zero-order valence-electron chi connectivity index (χ0n) is 17.9. The number of non-ortho nitro benzene ring substituents is 1. The highest BCUT2D eigenvalue weighted by molar-refractivity contribution is 7.22. The van der Waals surface area contributed by atoms with E-state index < -0.39 is 4.92 Å². The standard InChI is InChI=1S/C22H24N4O3S.ClH/c1-15-13-19-20(14-16(15)2)30-22(23-19)25(12-11-24(3)4)21(27)10-7-17-5-8-18(9-6-17)26(28)29;/h5-10,13-14H,11-12H2,1-4H3;1H. The van der Waals surface area contributed by atoms with Gasteiger partial charge in [0.1, 0.15) is 0 Å². The third-order valence-electron chi connectivity index (χ3n) is 4.78. The van der Waals surface area contributed by atoms with Crippen molar-refractivity contribution in [2.45, 2.75) is 13.8 Å². The van der Waals surface area contributed by atoms with E-state index in [-0.39, 0.29) is 24.0 Å². The van der Waals surface area contributed by atoms with E-state index in [9.17, 15) is 14.9 Å². The number of hydrogen-bond donors (Lipinski definition) is 0. The van der Waals surface area contributed by atoms with Gasteiger partial charge < -0.3 is 4.90 Å². The summed E-state index contributed by atoms with van der Waals surface area (Å²) in [5, 5.41) is 11.4. The summed E-state index contributed by atoms with van der Waals surface area (Å²) in [6.45, 7) is 5.32. The minimum Gasteiger partial charge on any atom is -0.308 e. The molecule has 1 aromatic heterocycles. The molecular formula is C22H25ClN4O3S. The van der Waals surface area contributed by atoms with Crippen molar-refractivity contribution in [3.8, 4) is 0 Å². The summed E-state index contributed by atoms with van der Waals surface area (Å²) in [5.41, 5.74) is 3.99. The Morgan fingerprint density at radius 3 is 2.39 bits per heavy atom. The SMILES string of the molecule is Cc1cc2nc(N(CCN(C)C)C(=O)C=Cc3ccc([N+](=O)[O-])cc3)sc2cc1C.Cl. The van der Waals surface area contributed by atoms with Gasteiger partial charge in [0.25, 0.3) is 11.6 Å². The second-order valence-electron chi connectivity index (χ2n) is 7.38. The van der Waals surface area contributed by atoms with Gasteiger partial charge in [-0.05, 0) is 75.0 Å². The minimum absolute atomic E-state index is 0. The fraction of sp³-hybridized carbons (Fsp3) is 0.273. The number of hydrogen-bond acceptors (Lipinski definition) is 6. The van der Waals surface area contributed by atoms with E-state index in [1.54, 1.807) is 23.1 Å². The molecule has 3 aromatic rings. The highest BCUT2D eigenvalue weighted by Gasteiger charge is 2.18. The molecule has 0 unspecified atom stereocenters. The van der Waals surface area contributed by atoms with E-state index in [1.807, 2.05) is 25.1 Å². The second-order valence-corrected chi connectivity index (χ2v) is 8.38. The first kappa shape index (κ1) is 24.5. The number of anilines is 1. The Morgan fingerprint density at radius 2 is 1.77 bits per heavy atom. The van der Waals surface area contributed by atoms with Gasteiger partial charge in [-0.1, -0.05) is 11.3 Å². The number of fused-ring (bicyclic) bond motifs is 1. The molecule has 0 radical (unpaired) electrons. The average Bonchev–Trinajstić information content (AvgIpc) is 3.09. The van der Waals surface area contributed by atoms with E-state index in [0.717, 1.165) is 15.8 Å². The number of nitro groups is 1. The molecule has 7 nitrogen and oxygen atoms in total. The molecular weight excluding hydrogens is 436 g/mol. The summed E-state index contributed by atoms with van der Waals surface area (Å²) >= 11 is 1.50. The molecule has 0 spiro atoms. The molecule has 0 atom stereocenters. The van der Waals surface area contributed by atoms with Crippen LogP contribution in [0.15, 0.2) is 42.5 Å². The third-order valence-corrected chi connectivity index (χ3v) is 5.82. The van der Waals surface area contributed by atoms with Gasteiger partial charge in [-0.3, -0.25) is 19.8 Å². The summed E-state index contributed by atoms with van der Waals surface area (Å²) in [6.07, 6.45) is 3.15. The summed E-state index contributed by atoms with van der Waals surface area (Å²) < 4.78 is 1.05. The Hall–Kier alpha value is -2.81. The Kier molecular flexibility index (Phi) is 8.27. The molecule has 164 valence electrons. The molecule has 9 heteroatoms.